The lowest BCUT2D eigenvalue weighted by molar-refractivity contribution is -0.152. The number of fused-ring (bicyclic) bond motifs is 3. The number of carbonyl (C=O) groups excluding carboxylic acids is 2. The van der Waals surface area contributed by atoms with E-state index in [4.69, 9.17) is 4.74 Å². The minimum absolute atomic E-state index is 0.0475. The van der Waals surface area contributed by atoms with Crippen molar-refractivity contribution in [3.63, 3.8) is 0 Å². The Morgan fingerprint density at radius 1 is 1.18 bits per heavy atom. The summed E-state index contributed by atoms with van der Waals surface area (Å²) in [5, 5.41) is 0. The van der Waals surface area contributed by atoms with Crippen molar-refractivity contribution in [2.24, 2.45) is 17.8 Å². The summed E-state index contributed by atoms with van der Waals surface area (Å²) in [6, 6.07) is 7.90. The van der Waals surface area contributed by atoms with Gasteiger partial charge in [0.05, 0.1) is 5.92 Å². The fourth-order valence-electron chi connectivity index (χ4n) is 3.97. The SMILES string of the molecule is O=C(OCC(=O)N1CCc2ccccc21)[C@H]1C[C@@H]2C=C[C@H]1C2. The number of hydrogen-bond acceptors (Lipinski definition) is 3. The lowest BCUT2D eigenvalue weighted by Crippen LogP contribution is -2.34. The molecule has 0 unspecified atom stereocenters. The van der Waals surface area contributed by atoms with Crippen LogP contribution in [0, 0.1) is 17.8 Å². The van der Waals surface area contributed by atoms with Crippen molar-refractivity contribution in [3.05, 3.63) is 42.0 Å². The molecular weight excluding hydrogens is 278 g/mol. The van der Waals surface area contributed by atoms with Crippen LogP contribution >= 0.6 is 0 Å². The molecule has 0 N–H and O–H groups in total. The third-order valence-electron chi connectivity index (χ3n) is 5.11. The van der Waals surface area contributed by atoms with Gasteiger partial charge in [0.15, 0.2) is 6.61 Å². The van der Waals surface area contributed by atoms with Crippen LogP contribution < -0.4 is 4.90 Å². The molecule has 1 aromatic carbocycles. The molecule has 0 saturated heterocycles. The van der Waals surface area contributed by atoms with Gasteiger partial charge in [-0.2, -0.15) is 0 Å². The maximum absolute atomic E-state index is 12.3. The normalized spacial score (nSPS) is 28.0. The standard InChI is InChI=1S/C18H19NO3/c20-17(19-8-7-13-3-1-2-4-16(13)19)11-22-18(21)15-10-12-5-6-14(15)9-12/h1-6,12,14-15H,7-11H2/t12-,14+,15+/m1/s1. The third kappa shape index (κ3) is 2.23. The van der Waals surface area contributed by atoms with Gasteiger partial charge in [-0.25, -0.2) is 0 Å². The molecule has 4 rings (SSSR count). The molecule has 114 valence electrons. The predicted octanol–water partition coefficient (Wildman–Crippen LogP) is 2.33. The fourth-order valence-corrected chi connectivity index (χ4v) is 3.97. The number of ether oxygens (including phenoxy) is 1. The number of carbonyl (C=O) groups is 2. The molecule has 1 fully saturated rings. The maximum atomic E-state index is 12.3. The highest BCUT2D eigenvalue weighted by molar-refractivity contribution is 5.97. The smallest absolute Gasteiger partial charge is 0.310 e. The summed E-state index contributed by atoms with van der Waals surface area (Å²) in [5.41, 5.74) is 2.13. The molecule has 0 spiro atoms. The van der Waals surface area contributed by atoms with E-state index in [1.807, 2.05) is 24.3 Å². The van der Waals surface area contributed by atoms with E-state index in [0.717, 1.165) is 24.9 Å². The molecule has 1 heterocycles. The van der Waals surface area contributed by atoms with Gasteiger partial charge in [0.25, 0.3) is 5.91 Å². The summed E-state index contributed by atoms with van der Waals surface area (Å²) in [5.74, 6) is 0.465. The van der Waals surface area contributed by atoms with E-state index in [9.17, 15) is 9.59 Å². The predicted molar refractivity (Wildman–Crippen MR) is 82.3 cm³/mol. The molecule has 1 saturated carbocycles. The quantitative estimate of drug-likeness (QED) is 0.635. The molecule has 0 radical (unpaired) electrons. The highest BCUT2D eigenvalue weighted by Gasteiger charge is 2.41. The zero-order chi connectivity index (χ0) is 15.1. The van der Waals surface area contributed by atoms with E-state index >= 15 is 0 Å². The Balaban J connectivity index is 1.35. The monoisotopic (exact) mass is 297 g/mol. The second-order valence-corrected chi connectivity index (χ2v) is 6.42. The van der Waals surface area contributed by atoms with Crippen LogP contribution in [0.15, 0.2) is 36.4 Å². The first-order valence-electron chi connectivity index (χ1n) is 7.95. The van der Waals surface area contributed by atoms with Gasteiger partial charge in [-0.1, -0.05) is 30.4 Å². The molecule has 4 nitrogen and oxygen atoms in total. The number of allylic oxidation sites excluding steroid dienone is 2. The minimum atomic E-state index is -0.210. The zero-order valence-electron chi connectivity index (χ0n) is 12.4. The first kappa shape index (κ1) is 13.6. The second kappa shape index (κ2) is 5.27. The fraction of sp³-hybridized carbons (Fsp3) is 0.444. The van der Waals surface area contributed by atoms with Crippen molar-refractivity contribution >= 4 is 17.6 Å². The van der Waals surface area contributed by atoms with Crippen LogP contribution in [-0.4, -0.2) is 25.0 Å². The number of hydrogen-bond donors (Lipinski definition) is 0. The number of nitrogens with zero attached hydrogens (tertiary/aromatic N) is 1. The van der Waals surface area contributed by atoms with Crippen LogP contribution in [0.25, 0.3) is 0 Å². The van der Waals surface area contributed by atoms with Crippen molar-refractivity contribution in [2.75, 3.05) is 18.1 Å². The summed E-state index contributed by atoms with van der Waals surface area (Å²) < 4.78 is 5.30. The first-order chi connectivity index (χ1) is 10.7. The molecule has 3 atom stereocenters. The van der Waals surface area contributed by atoms with E-state index in [-0.39, 0.29) is 24.4 Å². The zero-order valence-corrected chi connectivity index (χ0v) is 12.4. The largest absolute Gasteiger partial charge is 0.455 e. The van der Waals surface area contributed by atoms with E-state index < -0.39 is 0 Å². The van der Waals surface area contributed by atoms with E-state index in [1.54, 1.807) is 4.90 Å². The molecule has 22 heavy (non-hydrogen) atoms. The molecule has 2 aliphatic carbocycles. The third-order valence-corrected chi connectivity index (χ3v) is 5.11. The molecule has 1 aliphatic heterocycles. The summed E-state index contributed by atoms with van der Waals surface area (Å²) in [4.78, 5) is 26.2. The molecule has 4 heteroatoms. The summed E-state index contributed by atoms with van der Waals surface area (Å²) in [6.45, 7) is 0.525. The Morgan fingerprint density at radius 3 is 2.82 bits per heavy atom. The number of benzene rings is 1. The van der Waals surface area contributed by atoms with Crippen molar-refractivity contribution in [1.82, 2.24) is 0 Å². The van der Waals surface area contributed by atoms with Crippen molar-refractivity contribution in [2.45, 2.75) is 19.3 Å². The van der Waals surface area contributed by atoms with Crippen molar-refractivity contribution in [3.8, 4) is 0 Å². The van der Waals surface area contributed by atoms with Gasteiger partial charge in [-0.3, -0.25) is 9.59 Å². The topological polar surface area (TPSA) is 46.6 Å². The first-order valence-corrected chi connectivity index (χ1v) is 7.95. The van der Waals surface area contributed by atoms with Crippen LogP contribution in [0.2, 0.25) is 0 Å². The number of anilines is 1. The van der Waals surface area contributed by atoms with Gasteiger partial charge in [0.1, 0.15) is 0 Å². The Bertz CT molecular complexity index is 651. The van der Waals surface area contributed by atoms with E-state index in [1.165, 1.54) is 5.56 Å². The highest BCUT2D eigenvalue weighted by Crippen LogP contribution is 2.43. The number of rotatable bonds is 3. The van der Waals surface area contributed by atoms with Gasteiger partial charge < -0.3 is 9.64 Å². The Morgan fingerprint density at radius 2 is 2.05 bits per heavy atom. The van der Waals surface area contributed by atoms with Crippen LogP contribution in [-0.2, 0) is 20.7 Å². The highest BCUT2D eigenvalue weighted by atomic mass is 16.5. The maximum Gasteiger partial charge on any atom is 0.310 e. The Labute approximate surface area is 129 Å². The van der Waals surface area contributed by atoms with Crippen molar-refractivity contribution < 1.29 is 14.3 Å². The molecule has 1 aromatic rings. The molecule has 1 amide bonds. The summed E-state index contributed by atoms with van der Waals surface area (Å²) in [7, 11) is 0. The van der Waals surface area contributed by atoms with Gasteiger partial charge in [0.2, 0.25) is 0 Å². The molecule has 3 aliphatic rings. The Hall–Kier alpha value is -2.10. The van der Waals surface area contributed by atoms with Gasteiger partial charge in [-0.15, -0.1) is 0 Å². The average molecular weight is 297 g/mol. The van der Waals surface area contributed by atoms with Crippen LogP contribution in [0.3, 0.4) is 0 Å². The lowest BCUT2D eigenvalue weighted by Gasteiger charge is -2.19. The average Bonchev–Trinajstić information content (AvgIpc) is 3.26. The van der Waals surface area contributed by atoms with Crippen LogP contribution in [0.5, 0.6) is 0 Å². The minimum Gasteiger partial charge on any atom is -0.455 e. The summed E-state index contributed by atoms with van der Waals surface area (Å²) in [6.07, 6.45) is 7.13. The molecule has 0 aromatic heterocycles. The van der Waals surface area contributed by atoms with Gasteiger partial charge >= 0.3 is 5.97 Å². The Kier molecular flexibility index (Phi) is 3.25. The molecular formula is C18H19NO3. The number of amides is 1. The van der Waals surface area contributed by atoms with E-state index in [2.05, 4.69) is 12.2 Å². The summed E-state index contributed by atoms with van der Waals surface area (Å²) >= 11 is 0. The van der Waals surface area contributed by atoms with Gasteiger partial charge in [-0.05, 0) is 42.7 Å². The lowest BCUT2D eigenvalue weighted by atomic mass is 9.94. The van der Waals surface area contributed by atoms with Crippen LogP contribution in [0.1, 0.15) is 18.4 Å². The van der Waals surface area contributed by atoms with Crippen LogP contribution in [0.4, 0.5) is 5.69 Å². The van der Waals surface area contributed by atoms with Crippen molar-refractivity contribution in [1.29, 1.82) is 0 Å². The molecule has 2 bridgehead atoms. The van der Waals surface area contributed by atoms with E-state index in [0.29, 0.717) is 18.4 Å². The second-order valence-electron chi connectivity index (χ2n) is 6.42. The number of esters is 1. The number of para-hydroxylation sites is 1. The van der Waals surface area contributed by atoms with Gasteiger partial charge in [0, 0.05) is 12.2 Å².